The van der Waals surface area contributed by atoms with E-state index in [-0.39, 0.29) is 5.91 Å². The van der Waals surface area contributed by atoms with E-state index in [0.29, 0.717) is 11.1 Å². The minimum atomic E-state index is 0.101. The molecule has 1 spiro atoms. The molecule has 126 valence electrons. The summed E-state index contributed by atoms with van der Waals surface area (Å²) in [5.41, 5.74) is 3.78. The summed E-state index contributed by atoms with van der Waals surface area (Å²) >= 11 is 1.48. The molecule has 2 fully saturated rings. The molecule has 2 aliphatic rings. The van der Waals surface area contributed by atoms with Crippen LogP contribution in [0.25, 0.3) is 0 Å². The second-order valence-corrected chi connectivity index (χ2v) is 7.67. The molecular formula is C18H22N4OS. The second kappa shape index (κ2) is 6.61. The van der Waals surface area contributed by atoms with E-state index in [0.717, 1.165) is 44.8 Å². The Hall–Kier alpha value is -1.79. The lowest BCUT2D eigenvalue weighted by Gasteiger charge is -2.39. The number of nitrogens with zero attached hydrogens (tertiary/aromatic N) is 4. The van der Waals surface area contributed by atoms with Crippen molar-refractivity contribution in [3.05, 3.63) is 46.7 Å². The van der Waals surface area contributed by atoms with Gasteiger partial charge in [0, 0.05) is 31.2 Å². The summed E-state index contributed by atoms with van der Waals surface area (Å²) in [5.74, 6) is 0.101. The summed E-state index contributed by atoms with van der Waals surface area (Å²) in [7, 11) is 0. The van der Waals surface area contributed by atoms with Gasteiger partial charge in [-0.2, -0.15) is 0 Å². The molecule has 0 aromatic carbocycles. The van der Waals surface area contributed by atoms with E-state index in [1.54, 1.807) is 5.51 Å². The Kier molecular flexibility index (Phi) is 4.33. The van der Waals surface area contributed by atoms with Crippen LogP contribution in [-0.4, -0.2) is 51.9 Å². The fourth-order valence-electron chi connectivity index (χ4n) is 3.90. The highest BCUT2D eigenvalue weighted by Gasteiger charge is 2.42. The van der Waals surface area contributed by atoms with Gasteiger partial charge in [-0.3, -0.25) is 14.7 Å². The van der Waals surface area contributed by atoms with Crippen LogP contribution in [0.5, 0.6) is 0 Å². The van der Waals surface area contributed by atoms with E-state index in [4.69, 9.17) is 0 Å². The number of amides is 1. The summed E-state index contributed by atoms with van der Waals surface area (Å²) in [6.45, 7) is 4.88. The fourth-order valence-corrected chi connectivity index (χ4v) is 4.43. The lowest BCUT2D eigenvalue weighted by atomic mass is 9.78. The molecule has 4 heterocycles. The summed E-state index contributed by atoms with van der Waals surface area (Å²) in [6.07, 6.45) is 5.32. The van der Waals surface area contributed by atoms with Gasteiger partial charge in [-0.05, 0) is 49.9 Å². The van der Waals surface area contributed by atoms with Crippen LogP contribution in [0.2, 0.25) is 0 Å². The highest BCUT2D eigenvalue weighted by Crippen LogP contribution is 2.40. The first-order valence-corrected chi connectivity index (χ1v) is 9.48. The highest BCUT2D eigenvalue weighted by molar-refractivity contribution is 7.07. The molecule has 6 heteroatoms. The van der Waals surface area contributed by atoms with Gasteiger partial charge in [-0.15, -0.1) is 11.3 Å². The van der Waals surface area contributed by atoms with Crippen molar-refractivity contribution in [2.45, 2.75) is 25.8 Å². The number of rotatable bonds is 3. The Morgan fingerprint density at radius 2 is 2.00 bits per heavy atom. The van der Waals surface area contributed by atoms with Crippen LogP contribution in [0.15, 0.2) is 35.3 Å². The Labute approximate surface area is 146 Å². The number of piperidine rings is 1. The summed E-state index contributed by atoms with van der Waals surface area (Å²) in [5, 5.41) is 1.85. The van der Waals surface area contributed by atoms with E-state index in [9.17, 15) is 4.79 Å². The van der Waals surface area contributed by atoms with Crippen molar-refractivity contribution in [1.82, 2.24) is 19.8 Å². The number of hydrogen-bond donors (Lipinski definition) is 0. The van der Waals surface area contributed by atoms with Crippen molar-refractivity contribution in [2.24, 2.45) is 5.41 Å². The average Bonchev–Trinajstić information content (AvgIpc) is 3.28. The molecule has 1 amide bonds. The van der Waals surface area contributed by atoms with Crippen LogP contribution >= 0.6 is 11.3 Å². The van der Waals surface area contributed by atoms with Crippen molar-refractivity contribution < 1.29 is 4.79 Å². The fraction of sp³-hybridized carbons (Fsp3) is 0.500. The number of carbonyl (C=O) groups is 1. The predicted octanol–water partition coefficient (Wildman–Crippen LogP) is 2.67. The number of thiazole rings is 1. The molecule has 2 aromatic rings. The summed E-state index contributed by atoms with van der Waals surface area (Å²) in [4.78, 5) is 25.6. The molecule has 4 rings (SSSR count). The predicted molar refractivity (Wildman–Crippen MR) is 93.8 cm³/mol. The molecule has 5 nitrogen and oxygen atoms in total. The quantitative estimate of drug-likeness (QED) is 0.860. The lowest BCUT2D eigenvalue weighted by molar-refractivity contribution is 0.0708. The van der Waals surface area contributed by atoms with Gasteiger partial charge >= 0.3 is 0 Å². The maximum atomic E-state index is 12.5. The van der Waals surface area contributed by atoms with Gasteiger partial charge < -0.3 is 4.90 Å². The Bertz CT molecular complexity index is 680. The van der Waals surface area contributed by atoms with Crippen LogP contribution in [-0.2, 0) is 6.54 Å². The molecule has 2 saturated heterocycles. The normalized spacial score (nSPS) is 20.6. The monoisotopic (exact) mass is 342 g/mol. The zero-order valence-electron chi connectivity index (χ0n) is 13.7. The lowest BCUT2D eigenvalue weighted by Crippen LogP contribution is -2.42. The molecule has 0 saturated carbocycles. The van der Waals surface area contributed by atoms with E-state index >= 15 is 0 Å². The van der Waals surface area contributed by atoms with E-state index in [1.807, 2.05) is 28.6 Å². The maximum absolute atomic E-state index is 12.5. The van der Waals surface area contributed by atoms with E-state index in [1.165, 1.54) is 24.2 Å². The molecule has 0 atom stereocenters. The number of carbonyl (C=O) groups excluding carboxylic acids is 1. The van der Waals surface area contributed by atoms with E-state index < -0.39 is 0 Å². The third kappa shape index (κ3) is 3.21. The Balaban J connectivity index is 1.33. The molecular weight excluding hydrogens is 320 g/mol. The SMILES string of the molecule is O=C(c1cscn1)N1CCC2(CCN(Cc3ccccn3)CC2)C1. The van der Waals surface area contributed by atoms with Crippen LogP contribution in [0.1, 0.15) is 35.4 Å². The van der Waals surface area contributed by atoms with Crippen molar-refractivity contribution >= 4 is 17.2 Å². The molecule has 0 radical (unpaired) electrons. The summed E-state index contributed by atoms with van der Waals surface area (Å²) < 4.78 is 0. The first kappa shape index (κ1) is 15.7. The van der Waals surface area contributed by atoms with Crippen molar-refractivity contribution in [3.63, 3.8) is 0 Å². The Morgan fingerprint density at radius 3 is 2.71 bits per heavy atom. The maximum Gasteiger partial charge on any atom is 0.273 e. The van der Waals surface area contributed by atoms with Crippen LogP contribution in [0.4, 0.5) is 0 Å². The largest absolute Gasteiger partial charge is 0.337 e. The molecule has 24 heavy (non-hydrogen) atoms. The van der Waals surface area contributed by atoms with Crippen molar-refractivity contribution in [2.75, 3.05) is 26.2 Å². The van der Waals surface area contributed by atoms with Gasteiger partial charge in [0.1, 0.15) is 5.69 Å². The molecule has 2 aliphatic heterocycles. The first-order chi connectivity index (χ1) is 11.7. The molecule has 0 aliphatic carbocycles. The molecule has 0 unspecified atom stereocenters. The van der Waals surface area contributed by atoms with Crippen molar-refractivity contribution in [1.29, 1.82) is 0 Å². The number of aromatic nitrogens is 2. The van der Waals surface area contributed by atoms with Gasteiger partial charge in [-0.1, -0.05) is 6.07 Å². The third-order valence-electron chi connectivity index (χ3n) is 5.41. The summed E-state index contributed by atoms with van der Waals surface area (Å²) in [6, 6.07) is 6.10. The zero-order chi connectivity index (χ0) is 16.4. The van der Waals surface area contributed by atoms with Crippen molar-refractivity contribution in [3.8, 4) is 0 Å². The van der Waals surface area contributed by atoms with Crippen LogP contribution < -0.4 is 0 Å². The number of pyridine rings is 1. The Morgan fingerprint density at radius 1 is 1.17 bits per heavy atom. The smallest absolute Gasteiger partial charge is 0.273 e. The highest BCUT2D eigenvalue weighted by atomic mass is 32.1. The van der Waals surface area contributed by atoms with E-state index in [2.05, 4.69) is 20.9 Å². The number of likely N-dealkylation sites (tertiary alicyclic amines) is 2. The van der Waals surface area contributed by atoms with Gasteiger partial charge in [0.25, 0.3) is 5.91 Å². The van der Waals surface area contributed by atoms with Gasteiger partial charge in [0.15, 0.2) is 0 Å². The zero-order valence-corrected chi connectivity index (χ0v) is 14.5. The minimum absolute atomic E-state index is 0.101. The molecule has 0 bridgehead atoms. The van der Waals surface area contributed by atoms with Gasteiger partial charge in [0.2, 0.25) is 0 Å². The second-order valence-electron chi connectivity index (χ2n) is 6.95. The third-order valence-corrected chi connectivity index (χ3v) is 5.99. The standard InChI is InChI=1S/C18H22N4OS/c23-17(16-12-24-14-20-16)22-10-6-18(13-22)4-8-21(9-5-18)11-15-3-1-2-7-19-15/h1-3,7,12,14H,4-6,8-11,13H2. The minimum Gasteiger partial charge on any atom is -0.337 e. The number of hydrogen-bond acceptors (Lipinski definition) is 5. The van der Waals surface area contributed by atoms with Crippen LogP contribution in [0, 0.1) is 5.41 Å². The van der Waals surface area contributed by atoms with Gasteiger partial charge in [-0.25, -0.2) is 4.98 Å². The molecule has 0 N–H and O–H groups in total. The molecule has 2 aromatic heterocycles. The van der Waals surface area contributed by atoms with Gasteiger partial charge in [0.05, 0.1) is 11.2 Å². The first-order valence-electron chi connectivity index (χ1n) is 8.54. The topological polar surface area (TPSA) is 49.3 Å². The average molecular weight is 342 g/mol. The van der Waals surface area contributed by atoms with Crippen LogP contribution in [0.3, 0.4) is 0 Å².